The van der Waals surface area contributed by atoms with Crippen LogP contribution in [0.15, 0.2) is 18.2 Å². The topological polar surface area (TPSA) is 84.3 Å². The zero-order valence-electron chi connectivity index (χ0n) is 8.97. The largest absolute Gasteiger partial charge is 0.373 e. The van der Waals surface area contributed by atoms with Crippen LogP contribution in [0.4, 0.5) is 11.4 Å². The number of piperidine rings is 1. The summed E-state index contributed by atoms with van der Waals surface area (Å²) in [5.74, 6) is 0.0266. The Balaban J connectivity index is 2.03. The zero-order chi connectivity index (χ0) is 12.0. The molecule has 1 saturated heterocycles. The van der Waals surface area contributed by atoms with Gasteiger partial charge in [0.25, 0.3) is 5.69 Å². The Hall–Kier alpha value is -2.11. The Morgan fingerprint density at radius 1 is 1.41 bits per heavy atom. The minimum absolute atomic E-state index is 0.0277. The van der Waals surface area contributed by atoms with E-state index in [4.69, 9.17) is 0 Å². The molecule has 0 radical (unpaired) electrons. The molecular weight excluding hydrogens is 222 g/mol. The van der Waals surface area contributed by atoms with Gasteiger partial charge in [0.2, 0.25) is 5.91 Å². The summed E-state index contributed by atoms with van der Waals surface area (Å²) >= 11 is 0. The van der Waals surface area contributed by atoms with Gasteiger partial charge in [0.15, 0.2) is 0 Å². The van der Waals surface area contributed by atoms with Crippen molar-refractivity contribution >= 4 is 17.3 Å². The summed E-state index contributed by atoms with van der Waals surface area (Å²) in [6.07, 6.45) is 0.817. The molecule has 2 aliphatic heterocycles. The van der Waals surface area contributed by atoms with Gasteiger partial charge in [-0.1, -0.05) is 0 Å². The average molecular weight is 233 g/mol. The summed E-state index contributed by atoms with van der Waals surface area (Å²) in [6, 6.07) is 4.44. The van der Waals surface area contributed by atoms with Crippen molar-refractivity contribution in [3.05, 3.63) is 33.9 Å². The minimum atomic E-state index is -0.406. The maximum Gasteiger partial charge on any atom is 0.269 e. The standard InChI is InChI=1S/C11H11N3O3/c15-11-10-7(3-4-12-11)8-5-6(14(16)17)1-2-9(8)13-10/h1-2,5,7,10,13H,3-4H2,(H,12,15). The average Bonchev–Trinajstić information content (AvgIpc) is 2.68. The van der Waals surface area contributed by atoms with Crippen molar-refractivity contribution in [1.29, 1.82) is 0 Å². The molecule has 6 nitrogen and oxygen atoms in total. The predicted molar refractivity (Wildman–Crippen MR) is 60.9 cm³/mol. The van der Waals surface area contributed by atoms with Crippen LogP contribution in [0.3, 0.4) is 0 Å². The van der Waals surface area contributed by atoms with E-state index in [0.29, 0.717) is 6.54 Å². The first kappa shape index (κ1) is 10.1. The minimum Gasteiger partial charge on any atom is -0.373 e. The van der Waals surface area contributed by atoms with Gasteiger partial charge in [0, 0.05) is 30.3 Å². The molecule has 0 aliphatic carbocycles. The lowest BCUT2D eigenvalue weighted by molar-refractivity contribution is -0.384. The summed E-state index contributed by atoms with van der Waals surface area (Å²) in [5, 5.41) is 16.6. The van der Waals surface area contributed by atoms with E-state index >= 15 is 0 Å². The molecule has 0 saturated carbocycles. The van der Waals surface area contributed by atoms with E-state index in [1.54, 1.807) is 12.1 Å². The number of nitrogens with zero attached hydrogens (tertiary/aromatic N) is 1. The van der Waals surface area contributed by atoms with Gasteiger partial charge in [-0.05, 0) is 18.1 Å². The van der Waals surface area contributed by atoms with Crippen LogP contribution in [-0.4, -0.2) is 23.4 Å². The lowest BCUT2D eigenvalue weighted by atomic mass is 9.89. The second-order valence-corrected chi connectivity index (χ2v) is 4.34. The van der Waals surface area contributed by atoms with Crippen LogP contribution in [0.25, 0.3) is 0 Å². The first-order valence-corrected chi connectivity index (χ1v) is 5.49. The van der Waals surface area contributed by atoms with Crippen LogP contribution in [0, 0.1) is 10.1 Å². The number of rotatable bonds is 1. The number of hydrogen-bond acceptors (Lipinski definition) is 4. The Labute approximate surface area is 97.2 Å². The molecule has 0 spiro atoms. The maximum absolute atomic E-state index is 11.7. The first-order valence-electron chi connectivity index (χ1n) is 5.49. The second-order valence-electron chi connectivity index (χ2n) is 4.34. The van der Waals surface area contributed by atoms with Gasteiger partial charge in [-0.25, -0.2) is 0 Å². The number of benzene rings is 1. The van der Waals surface area contributed by atoms with Crippen LogP contribution in [0.5, 0.6) is 0 Å². The monoisotopic (exact) mass is 233 g/mol. The highest BCUT2D eigenvalue weighted by Crippen LogP contribution is 2.41. The van der Waals surface area contributed by atoms with Gasteiger partial charge in [-0.2, -0.15) is 0 Å². The normalized spacial score (nSPS) is 25.5. The smallest absolute Gasteiger partial charge is 0.269 e. The van der Waals surface area contributed by atoms with Crippen LogP contribution < -0.4 is 10.6 Å². The third kappa shape index (κ3) is 1.44. The van der Waals surface area contributed by atoms with Gasteiger partial charge in [-0.15, -0.1) is 0 Å². The van der Waals surface area contributed by atoms with E-state index in [-0.39, 0.29) is 23.6 Å². The van der Waals surface area contributed by atoms with Crippen molar-refractivity contribution < 1.29 is 9.72 Å². The fourth-order valence-electron chi connectivity index (χ4n) is 2.58. The Morgan fingerprint density at radius 3 is 3.00 bits per heavy atom. The molecule has 2 aliphatic rings. The van der Waals surface area contributed by atoms with Gasteiger partial charge in [-0.3, -0.25) is 14.9 Å². The van der Waals surface area contributed by atoms with Crippen LogP contribution >= 0.6 is 0 Å². The number of hydrogen-bond donors (Lipinski definition) is 2. The summed E-state index contributed by atoms with van der Waals surface area (Å²) in [7, 11) is 0. The van der Waals surface area contributed by atoms with Gasteiger partial charge >= 0.3 is 0 Å². The zero-order valence-corrected chi connectivity index (χ0v) is 8.97. The quantitative estimate of drug-likeness (QED) is 0.559. The van der Waals surface area contributed by atoms with E-state index in [1.165, 1.54) is 6.07 Å². The lowest BCUT2D eigenvalue weighted by Gasteiger charge is -2.25. The van der Waals surface area contributed by atoms with E-state index in [2.05, 4.69) is 10.6 Å². The molecule has 2 unspecified atom stereocenters. The summed E-state index contributed by atoms with van der Waals surface area (Å²) in [5.41, 5.74) is 1.80. The summed E-state index contributed by atoms with van der Waals surface area (Å²) < 4.78 is 0. The fourth-order valence-corrected chi connectivity index (χ4v) is 2.58. The van der Waals surface area contributed by atoms with Gasteiger partial charge < -0.3 is 10.6 Å². The molecule has 6 heteroatoms. The van der Waals surface area contributed by atoms with Crippen molar-refractivity contribution in [3.8, 4) is 0 Å². The molecular formula is C11H11N3O3. The van der Waals surface area contributed by atoms with Crippen molar-refractivity contribution in [2.45, 2.75) is 18.4 Å². The highest BCUT2D eigenvalue weighted by Gasteiger charge is 2.39. The van der Waals surface area contributed by atoms with Crippen molar-refractivity contribution in [2.24, 2.45) is 0 Å². The van der Waals surface area contributed by atoms with Crippen molar-refractivity contribution in [2.75, 3.05) is 11.9 Å². The molecule has 0 bridgehead atoms. The van der Waals surface area contributed by atoms with Crippen molar-refractivity contribution in [1.82, 2.24) is 5.32 Å². The molecule has 2 heterocycles. The number of nitro benzene ring substituents is 1. The Morgan fingerprint density at radius 2 is 2.24 bits per heavy atom. The number of carbonyl (C=O) groups excluding carboxylic acids is 1. The first-order chi connectivity index (χ1) is 8.16. The summed E-state index contributed by atoms with van der Waals surface area (Å²) in [6.45, 7) is 0.629. The molecule has 1 amide bonds. The Bertz CT molecular complexity index is 515. The molecule has 3 rings (SSSR count). The van der Waals surface area contributed by atoms with E-state index in [0.717, 1.165) is 17.7 Å². The second kappa shape index (κ2) is 3.44. The number of non-ortho nitro benzene ring substituents is 1. The number of carbonyl (C=O) groups is 1. The molecule has 88 valence electrons. The maximum atomic E-state index is 11.7. The third-order valence-corrected chi connectivity index (χ3v) is 3.40. The van der Waals surface area contributed by atoms with Crippen LogP contribution in [0.2, 0.25) is 0 Å². The number of anilines is 1. The van der Waals surface area contributed by atoms with E-state index in [1.807, 2.05) is 0 Å². The van der Waals surface area contributed by atoms with Gasteiger partial charge in [0.1, 0.15) is 6.04 Å². The van der Waals surface area contributed by atoms with E-state index in [9.17, 15) is 14.9 Å². The van der Waals surface area contributed by atoms with Gasteiger partial charge in [0.05, 0.1) is 4.92 Å². The number of amides is 1. The molecule has 0 aromatic heterocycles. The Kier molecular flexibility index (Phi) is 2.04. The summed E-state index contributed by atoms with van der Waals surface area (Å²) in [4.78, 5) is 22.0. The highest BCUT2D eigenvalue weighted by atomic mass is 16.6. The third-order valence-electron chi connectivity index (χ3n) is 3.40. The van der Waals surface area contributed by atoms with E-state index < -0.39 is 4.92 Å². The molecule has 17 heavy (non-hydrogen) atoms. The molecule has 1 fully saturated rings. The fraction of sp³-hybridized carbons (Fsp3) is 0.364. The number of fused-ring (bicyclic) bond motifs is 3. The predicted octanol–water partition coefficient (Wildman–Crippen LogP) is 0.992. The SMILES string of the molecule is O=C1NCCC2c3cc([N+](=O)[O-])ccc3NC12. The number of nitrogens with one attached hydrogen (secondary N) is 2. The van der Waals surface area contributed by atoms with Crippen LogP contribution in [0.1, 0.15) is 17.9 Å². The molecule has 1 aromatic carbocycles. The number of nitro groups is 1. The molecule has 2 N–H and O–H groups in total. The molecule has 2 atom stereocenters. The van der Waals surface area contributed by atoms with Crippen LogP contribution in [-0.2, 0) is 4.79 Å². The van der Waals surface area contributed by atoms with Crippen molar-refractivity contribution in [3.63, 3.8) is 0 Å². The molecule has 1 aromatic rings. The highest BCUT2D eigenvalue weighted by molar-refractivity contribution is 5.89. The lowest BCUT2D eigenvalue weighted by Crippen LogP contribution is -2.46.